The Hall–Kier alpha value is -5.77. The van der Waals surface area contributed by atoms with Crippen LogP contribution in [0.25, 0.3) is 22.3 Å². The molecule has 1 aliphatic heterocycles. The lowest BCUT2D eigenvalue weighted by Gasteiger charge is -2.19. The number of halogens is 1. The lowest BCUT2D eigenvalue weighted by Crippen LogP contribution is -2.28. The van der Waals surface area contributed by atoms with Crippen molar-refractivity contribution in [3.8, 4) is 39.8 Å². The van der Waals surface area contributed by atoms with Gasteiger partial charge in [-0.15, -0.1) is 0 Å². The van der Waals surface area contributed by atoms with Gasteiger partial charge in [0.25, 0.3) is 0 Å². The van der Waals surface area contributed by atoms with Gasteiger partial charge in [-0.3, -0.25) is 14.6 Å². The van der Waals surface area contributed by atoms with Crippen LogP contribution in [0.3, 0.4) is 0 Å². The van der Waals surface area contributed by atoms with Gasteiger partial charge in [0, 0.05) is 54.9 Å². The molecule has 0 saturated carbocycles. The van der Waals surface area contributed by atoms with E-state index in [-0.39, 0.29) is 45.2 Å². The molecule has 1 aliphatic rings. The summed E-state index contributed by atoms with van der Waals surface area (Å²) in [6.45, 7) is 5.71. The smallest absolute Gasteiger partial charge is 0.306 e. The standard InChI is InChI=1S/C42H40ClN5O6/c1-25-31(5-3-7-35(25)36-8-4-6-34(26(36)2)29-9-10-30-19-47-22-41(50)48-38(30)13-29)24-54-40-15-39(53-23-28-11-27(16-44)17-45-18-28)32(12-37(40)43)20-46-21-33(49)14-42(51)52/h3-13,15,17-18,33,46-47,49H,14,19-24H2,1-2H3,(H,48,50)(H,51,52)/t33-/m0/s1. The van der Waals surface area contributed by atoms with E-state index in [2.05, 4.69) is 71.2 Å². The Morgan fingerprint density at radius 1 is 0.944 bits per heavy atom. The number of fused-ring (bicyclic) bond motifs is 1. The van der Waals surface area contributed by atoms with Gasteiger partial charge >= 0.3 is 5.97 Å². The number of carboxylic acid groups (broad SMARTS) is 1. The van der Waals surface area contributed by atoms with Crippen LogP contribution in [0.15, 0.2) is 85.2 Å². The zero-order valence-electron chi connectivity index (χ0n) is 29.9. The molecule has 0 spiro atoms. The fraction of sp³-hybridized carbons (Fsp3) is 0.238. The highest BCUT2D eigenvalue weighted by molar-refractivity contribution is 6.32. The van der Waals surface area contributed by atoms with Crippen molar-refractivity contribution in [1.29, 1.82) is 5.26 Å². The average molecular weight is 746 g/mol. The minimum absolute atomic E-state index is 0.0526. The van der Waals surface area contributed by atoms with Crippen LogP contribution >= 0.6 is 11.6 Å². The number of carbonyl (C=O) groups excluding carboxylic acids is 1. The number of aromatic nitrogens is 1. The molecule has 5 N–H and O–H groups in total. The molecule has 276 valence electrons. The quantitative estimate of drug-likeness (QED) is 0.0828. The average Bonchev–Trinajstić information content (AvgIpc) is 3.34. The fourth-order valence-electron chi connectivity index (χ4n) is 6.44. The number of amides is 1. The summed E-state index contributed by atoms with van der Waals surface area (Å²) in [5.74, 6) is -0.289. The maximum absolute atomic E-state index is 12.2. The first-order chi connectivity index (χ1) is 26.1. The maximum atomic E-state index is 12.2. The van der Waals surface area contributed by atoms with Crippen molar-refractivity contribution in [2.45, 2.75) is 52.7 Å². The first-order valence-corrected chi connectivity index (χ1v) is 17.8. The van der Waals surface area contributed by atoms with Crippen LogP contribution in [0.4, 0.5) is 5.69 Å². The largest absolute Gasteiger partial charge is 0.488 e. The van der Waals surface area contributed by atoms with Crippen molar-refractivity contribution in [3.05, 3.63) is 129 Å². The van der Waals surface area contributed by atoms with Crippen LogP contribution < -0.4 is 25.4 Å². The normalized spacial score (nSPS) is 12.9. The van der Waals surface area contributed by atoms with Gasteiger partial charge in [-0.2, -0.15) is 5.26 Å². The van der Waals surface area contributed by atoms with Crippen LogP contribution in [0.5, 0.6) is 11.5 Å². The Balaban J connectivity index is 1.23. The number of anilines is 1. The molecule has 2 heterocycles. The van der Waals surface area contributed by atoms with E-state index >= 15 is 0 Å². The number of ether oxygens (including phenoxy) is 2. The predicted molar refractivity (Wildman–Crippen MR) is 206 cm³/mol. The monoisotopic (exact) mass is 745 g/mol. The summed E-state index contributed by atoms with van der Waals surface area (Å²) in [4.78, 5) is 27.3. The number of benzene rings is 4. The molecule has 0 saturated heterocycles. The topological polar surface area (TPSA) is 166 Å². The summed E-state index contributed by atoms with van der Waals surface area (Å²) in [6, 6.07) is 25.7. The number of nitriles is 1. The Morgan fingerprint density at radius 3 is 2.50 bits per heavy atom. The molecular weight excluding hydrogens is 706 g/mol. The maximum Gasteiger partial charge on any atom is 0.306 e. The molecule has 0 aliphatic carbocycles. The molecule has 54 heavy (non-hydrogen) atoms. The Kier molecular flexibility index (Phi) is 12.2. The second-order valence-corrected chi connectivity index (χ2v) is 13.5. The van der Waals surface area contributed by atoms with Gasteiger partial charge in [-0.05, 0) is 76.6 Å². The number of carboxylic acids is 1. The lowest BCUT2D eigenvalue weighted by molar-refractivity contribution is -0.139. The Morgan fingerprint density at radius 2 is 1.70 bits per heavy atom. The first kappa shape index (κ1) is 38.0. The molecule has 0 bridgehead atoms. The Labute approximate surface area is 318 Å². The molecule has 1 aromatic heterocycles. The highest BCUT2D eigenvalue weighted by Crippen LogP contribution is 2.37. The van der Waals surface area contributed by atoms with Crippen LogP contribution in [0.1, 0.15) is 45.4 Å². The van der Waals surface area contributed by atoms with Crippen molar-refractivity contribution in [1.82, 2.24) is 15.6 Å². The molecular formula is C42H40ClN5O6. The minimum atomic E-state index is -1.09. The van der Waals surface area contributed by atoms with Gasteiger partial charge < -0.3 is 35.6 Å². The van der Waals surface area contributed by atoms with Gasteiger partial charge in [0.1, 0.15) is 30.8 Å². The van der Waals surface area contributed by atoms with E-state index in [1.165, 1.54) is 6.20 Å². The SMILES string of the molecule is Cc1c(COc2cc(OCc3cncc(C#N)c3)c(CNC[C@@H](O)CC(=O)O)cc2Cl)cccc1-c1cccc(-c2ccc3c(c2)NC(=O)CNC3)c1C. The van der Waals surface area contributed by atoms with Crippen LogP contribution in [-0.2, 0) is 35.9 Å². The summed E-state index contributed by atoms with van der Waals surface area (Å²) in [5, 5.41) is 37.9. The van der Waals surface area contributed by atoms with E-state index in [1.54, 1.807) is 24.4 Å². The second kappa shape index (κ2) is 17.4. The molecule has 1 amide bonds. The van der Waals surface area contributed by atoms with E-state index in [4.69, 9.17) is 26.2 Å². The second-order valence-electron chi connectivity index (χ2n) is 13.1. The third kappa shape index (κ3) is 9.23. The zero-order chi connectivity index (χ0) is 38.2. The van der Waals surface area contributed by atoms with Crippen molar-refractivity contribution in [2.24, 2.45) is 0 Å². The highest BCUT2D eigenvalue weighted by atomic mass is 35.5. The summed E-state index contributed by atoms with van der Waals surface area (Å²) < 4.78 is 12.5. The number of carbonyl (C=O) groups is 2. The number of nitrogens with zero attached hydrogens (tertiary/aromatic N) is 2. The number of rotatable bonds is 14. The van der Waals surface area contributed by atoms with E-state index in [1.807, 2.05) is 24.3 Å². The number of nitrogens with one attached hydrogen (secondary N) is 3. The summed E-state index contributed by atoms with van der Waals surface area (Å²) in [5.41, 5.74) is 11.0. The van der Waals surface area contributed by atoms with E-state index in [0.717, 1.165) is 50.2 Å². The molecule has 6 rings (SSSR count). The molecule has 0 unspecified atom stereocenters. The van der Waals surface area contributed by atoms with Crippen molar-refractivity contribution in [2.75, 3.05) is 18.4 Å². The van der Waals surface area contributed by atoms with Crippen LogP contribution in [-0.4, -0.2) is 46.3 Å². The van der Waals surface area contributed by atoms with Crippen LogP contribution in [0, 0.1) is 25.2 Å². The molecule has 12 heteroatoms. The van der Waals surface area contributed by atoms with Crippen molar-refractivity contribution in [3.63, 3.8) is 0 Å². The zero-order valence-corrected chi connectivity index (χ0v) is 30.7. The summed E-state index contributed by atoms with van der Waals surface area (Å²) in [7, 11) is 0. The van der Waals surface area contributed by atoms with E-state index in [0.29, 0.717) is 39.8 Å². The number of pyridine rings is 1. The van der Waals surface area contributed by atoms with Gasteiger partial charge in [-0.1, -0.05) is 60.1 Å². The Bertz CT molecular complexity index is 2240. The minimum Gasteiger partial charge on any atom is -0.488 e. The number of hydrogen-bond donors (Lipinski definition) is 5. The number of hydrogen-bond acceptors (Lipinski definition) is 9. The first-order valence-electron chi connectivity index (χ1n) is 17.4. The molecule has 1 atom stereocenters. The molecule has 11 nitrogen and oxygen atoms in total. The number of aliphatic carboxylic acids is 1. The van der Waals surface area contributed by atoms with Gasteiger partial charge in [-0.25, -0.2) is 0 Å². The van der Waals surface area contributed by atoms with Gasteiger partial charge in [0.2, 0.25) is 5.91 Å². The molecule has 5 aromatic rings. The van der Waals surface area contributed by atoms with Crippen molar-refractivity contribution < 1.29 is 29.3 Å². The van der Waals surface area contributed by atoms with E-state index in [9.17, 15) is 20.0 Å². The van der Waals surface area contributed by atoms with Gasteiger partial charge in [0.15, 0.2) is 0 Å². The third-order valence-electron chi connectivity index (χ3n) is 9.29. The summed E-state index contributed by atoms with van der Waals surface area (Å²) in [6.07, 6.45) is 1.64. The molecule has 4 aromatic carbocycles. The summed E-state index contributed by atoms with van der Waals surface area (Å²) >= 11 is 6.75. The lowest BCUT2D eigenvalue weighted by atomic mass is 9.89. The number of aliphatic hydroxyl groups excluding tert-OH is 1. The number of aliphatic hydroxyl groups is 1. The molecule has 0 radical (unpaired) electrons. The van der Waals surface area contributed by atoms with Crippen molar-refractivity contribution >= 4 is 29.2 Å². The highest BCUT2D eigenvalue weighted by Gasteiger charge is 2.18. The van der Waals surface area contributed by atoms with Gasteiger partial charge in [0.05, 0.1) is 29.7 Å². The van der Waals surface area contributed by atoms with Crippen LogP contribution in [0.2, 0.25) is 5.02 Å². The molecule has 0 fully saturated rings. The van der Waals surface area contributed by atoms with E-state index < -0.39 is 12.1 Å². The fourth-order valence-corrected chi connectivity index (χ4v) is 6.68. The predicted octanol–water partition coefficient (Wildman–Crippen LogP) is 6.68. The third-order valence-corrected chi connectivity index (χ3v) is 9.58.